The fourth-order valence-electron chi connectivity index (χ4n) is 4.07. The van der Waals surface area contributed by atoms with E-state index in [0.29, 0.717) is 51.9 Å². The van der Waals surface area contributed by atoms with Crippen molar-refractivity contribution < 1.29 is 18.7 Å². The molecule has 3 aromatic carbocycles. The molecule has 37 heavy (non-hydrogen) atoms. The summed E-state index contributed by atoms with van der Waals surface area (Å²) in [4.78, 5) is 29.6. The van der Waals surface area contributed by atoms with Gasteiger partial charge in [0.25, 0.3) is 5.91 Å². The lowest BCUT2D eigenvalue weighted by Crippen LogP contribution is -2.39. The highest BCUT2D eigenvalue weighted by atomic mass is 35.5. The van der Waals surface area contributed by atoms with Crippen LogP contribution in [0.4, 0.5) is 15.8 Å². The first-order valence-electron chi connectivity index (χ1n) is 11.6. The van der Waals surface area contributed by atoms with Crippen LogP contribution in [0.1, 0.15) is 18.9 Å². The molecule has 1 aliphatic heterocycles. The number of ether oxygens (including phenoxy) is 1. The molecule has 1 fully saturated rings. The molecule has 0 unspecified atom stereocenters. The molecule has 6 nitrogen and oxygen atoms in total. The van der Waals surface area contributed by atoms with E-state index in [-0.39, 0.29) is 12.3 Å². The van der Waals surface area contributed by atoms with Gasteiger partial charge in [0.15, 0.2) is 5.11 Å². The van der Waals surface area contributed by atoms with Gasteiger partial charge in [-0.25, -0.2) is 4.39 Å². The van der Waals surface area contributed by atoms with Gasteiger partial charge in [-0.2, -0.15) is 0 Å². The molecule has 2 amide bonds. The Morgan fingerprint density at radius 2 is 1.78 bits per heavy atom. The second-order valence-electron chi connectivity index (χ2n) is 8.34. The molecular weight excluding hydrogens is 536 g/mol. The van der Waals surface area contributed by atoms with Crippen molar-refractivity contribution in [3.05, 3.63) is 88.2 Å². The molecule has 10 heteroatoms. The summed E-state index contributed by atoms with van der Waals surface area (Å²) in [6, 6.07) is 16.9. The first-order chi connectivity index (χ1) is 17.8. The van der Waals surface area contributed by atoms with E-state index in [9.17, 15) is 14.0 Å². The molecule has 1 atom stereocenters. The maximum Gasteiger partial charge on any atom is 0.256 e. The number of amides is 2. The number of hydrogen-bond acceptors (Lipinski definition) is 4. The van der Waals surface area contributed by atoms with Crippen molar-refractivity contribution in [1.29, 1.82) is 0 Å². The summed E-state index contributed by atoms with van der Waals surface area (Å²) in [5.74, 6) is -0.443. The summed E-state index contributed by atoms with van der Waals surface area (Å²) in [5.41, 5.74) is 1.85. The van der Waals surface area contributed by atoms with E-state index in [1.807, 2.05) is 13.0 Å². The quantitative estimate of drug-likeness (QED) is 0.321. The average Bonchev–Trinajstić information content (AvgIpc) is 3.09. The number of nitrogens with one attached hydrogen (secondary N) is 1. The van der Waals surface area contributed by atoms with E-state index in [1.54, 1.807) is 41.3 Å². The smallest absolute Gasteiger partial charge is 0.256 e. The minimum atomic E-state index is -0.828. The first kappa shape index (κ1) is 26.9. The molecule has 4 rings (SSSR count). The van der Waals surface area contributed by atoms with Crippen molar-refractivity contribution in [2.75, 3.05) is 23.4 Å². The number of carbonyl (C=O) groups is 2. The van der Waals surface area contributed by atoms with Crippen LogP contribution in [0.2, 0.25) is 10.0 Å². The minimum Gasteiger partial charge on any atom is -0.494 e. The summed E-state index contributed by atoms with van der Waals surface area (Å²) in [5, 5.41) is 4.05. The van der Waals surface area contributed by atoms with Gasteiger partial charge >= 0.3 is 0 Å². The number of anilines is 2. The van der Waals surface area contributed by atoms with Gasteiger partial charge in [0.05, 0.1) is 18.7 Å². The van der Waals surface area contributed by atoms with E-state index < -0.39 is 17.8 Å². The topological polar surface area (TPSA) is 61.9 Å². The lowest BCUT2D eigenvalue weighted by Gasteiger charge is -2.24. The molecule has 0 spiro atoms. The van der Waals surface area contributed by atoms with E-state index in [4.69, 9.17) is 40.2 Å². The zero-order valence-corrected chi connectivity index (χ0v) is 22.2. The molecule has 192 valence electrons. The van der Waals surface area contributed by atoms with Crippen LogP contribution in [0.5, 0.6) is 5.75 Å². The number of halogens is 3. The van der Waals surface area contributed by atoms with Crippen LogP contribution in [0, 0.1) is 5.82 Å². The average molecular weight is 560 g/mol. The van der Waals surface area contributed by atoms with Gasteiger partial charge in [-0.05, 0) is 91.8 Å². The summed E-state index contributed by atoms with van der Waals surface area (Å²) in [6.45, 7) is 2.76. The van der Waals surface area contributed by atoms with E-state index in [1.165, 1.54) is 29.2 Å². The van der Waals surface area contributed by atoms with Crippen LogP contribution in [0.15, 0.2) is 66.7 Å². The molecule has 0 bridgehead atoms. The van der Waals surface area contributed by atoms with Crippen molar-refractivity contribution in [3.63, 3.8) is 0 Å². The van der Waals surface area contributed by atoms with Gasteiger partial charge < -0.3 is 15.0 Å². The predicted octanol–water partition coefficient (Wildman–Crippen LogP) is 6.10. The highest BCUT2D eigenvalue weighted by Crippen LogP contribution is 2.30. The first-order valence-corrected chi connectivity index (χ1v) is 12.8. The van der Waals surface area contributed by atoms with Crippen LogP contribution >= 0.6 is 35.4 Å². The number of benzene rings is 3. The van der Waals surface area contributed by atoms with Gasteiger partial charge in [0.1, 0.15) is 17.6 Å². The third-order valence-corrected chi connectivity index (χ3v) is 6.87. The van der Waals surface area contributed by atoms with E-state index >= 15 is 0 Å². The van der Waals surface area contributed by atoms with Gasteiger partial charge in [0.2, 0.25) is 5.91 Å². The van der Waals surface area contributed by atoms with Crippen molar-refractivity contribution in [2.45, 2.75) is 25.8 Å². The zero-order chi connectivity index (χ0) is 26.5. The zero-order valence-electron chi connectivity index (χ0n) is 19.9. The van der Waals surface area contributed by atoms with Crippen molar-refractivity contribution in [2.24, 2.45) is 0 Å². The molecule has 1 N–H and O–H groups in total. The van der Waals surface area contributed by atoms with Crippen molar-refractivity contribution in [3.8, 4) is 5.75 Å². The Labute approximate surface area is 229 Å². The Hall–Kier alpha value is -3.20. The van der Waals surface area contributed by atoms with Gasteiger partial charge in [-0.1, -0.05) is 29.3 Å². The molecule has 1 saturated heterocycles. The molecule has 1 aliphatic rings. The minimum absolute atomic E-state index is 0.141. The standard InChI is InChI=1S/C27H24Cl2FN3O3S/c1-2-36-22-11-9-21(10-12-22)33-26(35)24(16-25(34)31-20-7-5-19(30)6-8-20)32(27(33)37)14-13-17-3-4-18(28)15-23(17)29/h3-12,15,24H,2,13-14,16H2,1H3,(H,31,34)/t24-/m1/s1. The summed E-state index contributed by atoms with van der Waals surface area (Å²) in [6.07, 6.45) is 0.342. The lowest BCUT2D eigenvalue weighted by molar-refractivity contribution is -0.124. The number of hydrogen-bond donors (Lipinski definition) is 1. The molecule has 3 aromatic rings. The molecule has 0 aliphatic carbocycles. The van der Waals surface area contributed by atoms with Gasteiger partial charge in [-0.3, -0.25) is 14.5 Å². The SMILES string of the molecule is CCOc1ccc(N2C(=O)[C@@H](CC(=O)Nc3ccc(F)cc3)N(CCc3ccc(Cl)cc3Cl)C2=S)cc1. The molecule has 0 saturated carbocycles. The second kappa shape index (κ2) is 11.9. The third kappa shape index (κ3) is 6.39. The largest absolute Gasteiger partial charge is 0.494 e. The van der Waals surface area contributed by atoms with Crippen LogP contribution in [0.25, 0.3) is 0 Å². The van der Waals surface area contributed by atoms with E-state index in [2.05, 4.69) is 5.32 Å². The third-order valence-electron chi connectivity index (χ3n) is 5.87. The normalized spacial score (nSPS) is 15.3. The summed E-state index contributed by atoms with van der Waals surface area (Å²) in [7, 11) is 0. The van der Waals surface area contributed by atoms with Crippen LogP contribution < -0.4 is 15.0 Å². The maximum absolute atomic E-state index is 13.6. The van der Waals surface area contributed by atoms with E-state index in [0.717, 1.165) is 5.56 Å². The van der Waals surface area contributed by atoms with Crippen LogP contribution in [-0.4, -0.2) is 41.0 Å². The van der Waals surface area contributed by atoms with Gasteiger partial charge in [0, 0.05) is 22.3 Å². The Morgan fingerprint density at radius 3 is 2.43 bits per heavy atom. The number of rotatable bonds is 9. The number of carbonyl (C=O) groups excluding carboxylic acids is 2. The van der Waals surface area contributed by atoms with Crippen molar-refractivity contribution >= 4 is 63.7 Å². The highest BCUT2D eigenvalue weighted by Gasteiger charge is 2.44. The van der Waals surface area contributed by atoms with Gasteiger partial charge in [-0.15, -0.1) is 0 Å². The Morgan fingerprint density at radius 1 is 1.08 bits per heavy atom. The number of thiocarbonyl (C=S) groups is 1. The number of nitrogens with zero attached hydrogens (tertiary/aromatic N) is 2. The fourth-order valence-corrected chi connectivity index (χ4v) is 4.99. The maximum atomic E-state index is 13.6. The summed E-state index contributed by atoms with van der Waals surface area (Å²) < 4.78 is 18.7. The summed E-state index contributed by atoms with van der Waals surface area (Å²) >= 11 is 18.1. The van der Waals surface area contributed by atoms with Crippen LogP contribution in [0.3, 0.4) is 0 Å². The molecule has 0 radical (unpaired) electrons. The van der Waals surface area contributed by atoms with Crippen molar-refractivity contribution in [1.82, 2.24) is 4.90 Å². The Bertz CT molecular complexity index is 1310. The lowest BCUT2D eigenvalue weighted by atomic mass is 10.1. The molecular formula is C27H24Cl2FN3O3S. The van der Waals surface area contributed by atoms with Crippen LogP contribution in [-0.2, 0) is 16.0 Å². The predicted molar refractivity (Wildman–Crippen MR) is 148 cm³/mol. The molecule has 0 aromatic heterocycles. The molecule has 1 heterocycles. The second-order valence-corrected chi connectivity index (χ2v) is 9.55. The Kier molecular flexibility index (Phi) is 8.63. The highest BCUT2D eigenvalue weighted by molar-refractivity contribution is 7.80. The monoisotopic (exact) mass is 559 g/mol. The Balaban J connectivity index is 1.56. The fraction of sp³-hybridized carbons (Fsp3) is 0.222.